The Bertz CT molecular complexity index is 325. The second-order valence-corrected chi connectivity index (χ2v) is 5.70. The fourth-order valence-electron chi connectivity index (χ4n) is 2.43. The summed E-state index contributed by atoms with van der Waals surface area (Å²) in [4.78, 5) is 22.2. The van der Waals surface area contributed by atoms with Crippen molar-refractivity contribution in [3.63, 3.8) is 0 Å². The van der Waals surface area contributed by atoms with Gasteiger partial charge in [0.15, 0.2) is 6.29 Å². The van der Waals surface area contributed by atoms with Crippen LogP contribution in [0.4, 0.5) is 4.79 Å². The van der Waals surface area contributed by atoms with Crippen LogP contribution in [0, 0.1) is 0 Å². The van der Waals surface area contributed by atoms with Crippen molar-refractivity contribution in [2.24, 2.45) is 0 Å². The van der Waals surface area contributed by atoms with Crippen molar-refractivity contribution >= 4 is 12.1 Å². The number of esters is 1. The molecule has 0 radical (unpaired) electrons. The third-order valence-electron chi connectivity index (χ3n) is 3.68. The minimum atomic E-state index is -0.903. The van der Waals surface area contributed by atoms with E-state index in [-0.39, 0.29) is 19.3 Å². The van der Waals surface area contributed by atoms with E-state index in [1.54, 1.807) is 6.92 Å². The molecule has 1 aliphatic heterocycles. The van der Waals surface area contributed by atoms with E-state index in [0.29, 0.717) is 0 Å². The van der Waals surface area contributed by atoms with Crippen molar-refractivity contribution in [2.45, 2.75) is 77.4 Å². The Morgan fingerprint density at radius 2 is 1.78 bits per heavy atom. The molecule has 1 atom stereocenters. The Balaban J connectivity index is 1.82. The van der Waals surface area contributed by atoms with Gasteiger partial charge < -0.3 is 18.9 Å². The lowest BCUT2D eigenvalue weighted by Crippen LogP contribution is -2.22. The minimum absolute atomic E-state index is 0.00848. The maximum Gasteiger partial charge on any atom is 0.516 e. The fraction of sp³-hybridized carbons (Fsp3) is 0.882. The van der Waals surface area contributed by atoms with Gasteiger partial charge in [0.25, 0.3) is 0 Å². The molecule has 23 heavy (non-hydrogen) atoms. The van der Waals surface area contributed by atoms with Crippen molar-refractivity contribution in [1.82, 2.24) is 0 Å². The predicted molar refractivity (Wildman–Crippen MR) is 85.0 cm³/mol. The van der Waals surface area contributed by atoms with E-state index in [0.717, 1.165) is 64.6 Å². The quantitative estimate of drug-likeness (QED) is 0.324. The van der Waals surface area contributed by atoms with E-state index in [2.05, 4.69) is 9.47 Å². The third kappa shape index (κ3) is 11.1. The monoisotopic (exact) mass is 330 g/mol. The molecule has 0 bridgehead atoms. The molecule has 0 N–H and O–H groups in total. The SMILES string of the molecule is CCOC(=O)OC(=O)CCCCCCCCOC1CCCCO1. The fourth-order valence-corrected chi connectivity index (χ4v) is 2.43. The molecule has 0 aromatic carbocycles. The molecule has 0 saturated carbocycles. The van der Waals surface area contributed by atoms with Crippen molar-refractivity contribution in [3.05, 3.63) is 0 Å². The molecule has 1 saturated heterocycles. The van der Waals surface area contributed by atoms with Crippen molar-refractivity contribution < 1.29 is 28.5 Å². The van der Waals surface area contributed by atoms with Gasteiger partial charge in [-0.15, -0.1) is 0 Å². The highest BCUT2D eigenvalue weighted by molar-refractivity contribution is 5.81. The summed E-state index contributed by atoms with van der Waals surface area (Å²) in [5.41, 5.74) is 0. The van der Waals surface area contributed by atoms with Gasteiger partial charge >= 0.3 is 12.1 Å². The molecule has 0 aromatic heterocycles. The maximum atomic E-state index is 11.3. The summed E-state index contributed by atoms with van der Waals surface area (Å²) < 4.78 is 20.2. The third-order valence-corrected chi connectivity index (χ3v) is 3.68. The largest absolute Gasteiger partial charge is 0.516 e. The highest BCUT2D eigenvalue weighted by atomic mass is 16.7. The van der Waals surface area contributed by atoms with Gasteiger partial charge in [0.1, 0.15) is 0 Å². The Morgan fingerprint density at radius 3 is 2.48 bits per heavy atom. The number of hydrogen-bond donors (Lipinski definition) is 0. The summed E-state index contributed by atoms with van der Waals surface area (Å²) in [6.07, 6.45) is 8.81. The zero-order valence-electron chi connectivity index (χ0n) is 14.2. The summed E-state index contributed by atoms with van der Waals surface area (Å²) in [5.74, 6) is -0.510. The number of carbonyl (C=O) groups excluding carboxylic acids is 2. The van der Waals surface area contributed by atoms with E-state index in [1.807, 2.05) is 0 Å². The Morgan fingerprint density at radius 1 is 1.04 bits per heavy atom. The highest BCUT2D eigenvalue weighted by Crippen LogP contribution is 2.14. The van der Waals surface area contributed by atoms with Gasteiger partial charge in [-0.2, -0.15) is 0 Å². The summed E-state index contributed by atoms with van der Waals surface area (Å²) >= 11 is 0. The summed E-state index contributed by atoms with van der Waals surface area (Å²) in [6.45, 7) is 3.46. The molecule has 1 unspecified atom stereocenters. The molecule has 0 spiro atoms. The smallest absolute Gasteiger partial charge is 0.434 e. The standard InChI is InChI=1S/C17H30O6/c1-2-20-17(19)23-15(18)11-7-5-3-4-6-9-13-21-16-12-8-10-14-22-16/h16H,2-14H2,1H3. The molecule has 0 aliphatic carbocycles. The van der Waals surface area contributed by atoms with Crippen molar-refractivity contribution in [2.75, 3.05) is 19.8 Å². The average Bonchev–Trinajstić information content (AvgIpc) is 2.54. The molecule has 1 aliphatic rings. The molecule has 0 aromatic rings. The van der Waals surface area contributed by atoms with Gasteiger partial charge in [-0.3, -0.25) is 4.79 Å². The van der Waals surface area contributed by atoms with Crippen LogP contribution in [-0.2, 0) is 23.7 Å². The second-order valence-electron chi connectivity index (χ2n) is 5.70. The van der Waals surface area contributed by atoms with Gasteiger partial charge in [-0.05, 0) is 39.0 Å². The summed E-state index contributed by atoms with van der Waals surface area (Å²) in [6, 6.07) is 0. The van der Waals surface area contributed by atoms with Crippen LogP contribution in [0.5, 0.6) is 0 Å². The lowest BCUT2D eigenvalue weighted by Gasteiger charge is -2.22. The van der Waals surface area contributed by atoms with Gasteiger partial charge in [0.05, 0.1) is 6.61 Å². The molecule has 6 nitrogen and oxygen atoms in total. The van der Waals surface area contributed by atoms with E-state index in [9.17, 15) is 9.59 Å². The van der Waals surface area contributed by atoms with Crippen LogP contribution in [0.2, 0.25) is 0 Å². The maximum absolute atomic E-state index is 11.3. The molecular formula is C17H30O6. The van der Waals surface area contributed by atoms with Crippen LogP contribution < -0.4 is 0 Å². The van der Waals surface area contributed by atoms with Gasteiger partial charge in [-0.1, -0.05) is 25.7 Å². The molecular weight excluding hydrogens is 300 g/mol. The predicted octanol–water partition coefficient (Wildman–Crippen LogP) is 3.96. The number of unbranched alkanes of at least 4 members (excludes halogenated alkanes) is 5. The van der Waals surface area contributed by atoms with Gasteiger partial charge in [-0.25, -0.2) is 4.79 Å². The summed E-state index contributed by atoms with van der Waals surface area (Å²) in [7, 11) is 0. The molecule has 1 heterocycles. The zero-order chi connectivity index (χ0) is 16.8. The normalized spacial score (nSPS) is 17.7. The van der Waals surface area contributed by atoms with Crippen LogP contribution in [-0.4, -0.2) is 38.2 Å². The lowest BCUT2D eigenvalue weighted by molar-refractivity contribution is -0.162. The van der Waals surface area contributed by atoms with Crippen LogP contribution in [0.25, 0.3) is 0 Å². The first kappa shape index (κ1) is 19.9. The zero-order valence-corrected chi connectivity index (χ0v) is 14.2. The van der Waals surface area contributed by atoms with Crippen molar-refractivity contribution in [1.29, 1.82) is 0 Å². The Hall–Kier alpha value is -1.14. The number of hydrogen-bond acceptors (Lipinski definition) is 6. The average molecular weight is 330 g/mol. The number of rotatable bonds is 11. The first-order chi connectivity index (χ1) is 11.2. The van der Waals surface area contributed by atoms with Crippen molar-refractivity contribution in [3.8, 4) is 0 Å². The molecule has 0 amide bonds. The lowest BCUT2D eigenvalue weighted by atomic mass is 10.1. The second kappa shape index (κ2) is 13.3. The molecule has 6 heteroatoms. The van der Waals surface area contributed by atoms with Gasteiger partial charge in [0.2, 0.25) is 0 Å². The van der Waals surface area contributed by atoms with E-state index in [4.69, 9.17) is 9.47 Å². The number of carbonyl (C=O) groups is 2. The van der Waals surface area contributed by atoms with E-state index in [1.165, 1.54) is 6.42 Å². The Labute approximate surface area is 138 Å². The first-order valence-corrected chi connectivity index (χ1v) is 8.83. The Kier molecular flexibility index (Phi) is 11.5. The van der Waals surface area contributed by atoms with Crippen LogP contribution in [0.15, 0.2) is 0 Å². The highest BCUT2D eigenvalue weighted by Gasteiger charge is 2.13. The first-order valence-electron chi connectivity index (χ1n) is 8.83. The topological polar surface area (TPSA) is 71.1 Å². The molecule has 134 valence electrons. The van der Waals surface area contributed by atoms with E-state index >= 15 is 0 Å². The minimum Gasteiger partial charge on any atom is -0.434 e. The van der Waals surface area contributed by atoms with Gasteiger partial charge in [0, 0.05) is 19.6 Å². The summed E-state index contributed by atoms with van der Waals surface area (Å²) in [5, 5.41) is 0. The molecule has 1 fully saturated rings. The molecule has 1 rings (SSSR count). The van der Waals surface area contributed by atoms with E-state index < -0.39 is 12.1 Å². The van der Waals surface area contributed by atoms with Crippen LogP contribution in [0.1, 0.15) is 71.1 Å². The van der Waals surface area contributed by atoms with Crippen LogP contribution in [0.3, 0.4) is 0 Å². The van der Waals surface area contributed by atoms with Crippen LogP contribution >= 0.6 is 0 Å². The number of ether oxygens (including phenoxy) is 4.